The lowest BCUT2D eigenvalue weighted by atomic mass is 10.0. The van der Waals surface area contributed by atoms with Gasteiger partial charge in [0, 0.05) is 5.71 Å². The molecular formula is C8H14NO2. The highest BCUT2D eigenvalue weighted by Crippen LogP contribution is 2.05. The lowest BCUT2D eigenvalue weighted by molar-refractivity contribution is -0.140. The monoisotopic (exact) mass is 156 g/mol. The first kappa shape index (κ1) is 10.1. The Hall–Kier alpha value is -0.860. The summed E-state index contributed by atoms with van der Waals surface area (Å²) < 4.78 is 0. The summed E-state index contributed by atoms with van der Waals surface area (Å²) in [5.41, 5.74) is 0.481. The van der Waals surface area contributed by atoms with Gasteiger partial charge in [-0.2, -0.15) is 0 Å². The maximum Gasteiger partial charge on any atom is 0.306 e. The van der Waals surface area contributed by atoms with Crippen LogP contribution < -0.4 is 0 Å². The van der Waals surface area contributed by atoms with Crippen LogP contribution in [0, 0.1) is 18.3 Å². The molecule has 0 aromatic carbocycles. The van der Waals surface area contributed by atoms with Crippen LogP contribution in [0.4, 0.5) is 0 Å². The van der Waals surface area contributed by atoms with Crippen molar-refractivity contribution in [1.82, 2.24) is 0 Å². The molecule has 0 amide bonds. The van der Waals surface area contributed by atoms with Gasteiger partial charge in [-0.25, -0.2) is 0 Å². The third-order valence-corrected chi connectivity index (χ3v) is 1.45. The molecule has 1 radical (unpaired) electrons. The van der Waals surface area contributed by atoms with Crippen molar-refractivity contribution in [2.24, 2.45) is 5.92 Å². The number of carbonyl (C=O) groups is 1. The average molecular weight is 156 g/mol. The molecule has 3 heteroatoms. The minimum absolute atomic E-state index is 0.352. The highest BCUT2D eigenvalue weighted by Gasteiger charge is 2.12. The third kappa shape index (κ3) is 4.53. The van der Waals surface area contributed by atoms with Crippen molar-refractivity contribution in [1.29, 1.82) is 5.41 Å². The number of carboxylic acid groups (broad SMARTS) is 1. The Balaban J connectivity index is 3.66. The molecule has 63 valence electrons. The van der Waals surface area contributed by atoms with Crippen LogP contribution in [0.15, 0.2) is 0 Å². The van der Waals surface area contributed by atoms with Gasteiger partial charge in [0.05, 0.1) is 5.92 Å². The number of nitrogens with one attached hydrogen (secondary N) is 1. The first-order valence-electron chi connectivity index (χ1n) is 3.66. The minimum atomic E-state index is -0.834. The summed E-state index contributed by atoms with van der Waals surface area (Å²) in [5, 5.41) is 15.8. The van der Waals surface area contributed by atoms with Gasteiger partial charge in [0.1, 0.15) is 0 Å². The first-order valence-corrected chi connectivity index (χ1v) is 3.66. The van der Waals surface area contributed by atoms with Gasteiger partial charge in [-0.1, -0.05) is 13.8 Å². The summed E-state index contributed by atoms with van der Waals surface area (Å²) in [7, 11) is 0. The van der Waals surface area contributed by atoms with Crippen molar-refractivity contribution in [3.05, 3.63) is 6.92 Å². The smallest absolute Gasteiger partial charge is 0.306 e. The summed E-state index contributed by atoms with van der Waals surface area (Å²) in [5.74, 6) is -1.27. The van der Waals surface area contributed by atoms with Gasteiger partial charge in [-0.15, -0.1) is 0 Å². The summed E-state index contributed by atoms with van der Waals surface area (Å²) in [4.78, 5) is 10.3. The van der Waals surface area contributed by atoms with E-state index in [-0.39, 0.29) is 0 Å². The molecule has 0 aliphatic heterocycles. The van der Waals surface area contributed by atoms with Gasteiger partial charge in [0.15, 0.2) is 0 Å². The van der Waals surface area contributed by atoms with Crippen LogP contribution >= 0.6 is 0 Å². The van der Waals surface area contributed by atoms with Gasteiger partial charge >= 0.3 is 5.97 Å². The van der Waals surface area contributed by atoms with E-state index in [2.05, 4.69) is 6.92 Å². The molecule has 0 aromatic heterocycles. The van der Waals surface area contributed by atoms with E-state index < -0.39 is 11.9 Å². The van der Waals surface area contributed by atoms with Crippen molar-refractivity contribution in [3.63, 3.8) is 0 Å². The topological polar surface area (TPSA) is 61.2 Å². The number of hydrogen-bond donors (Lipinski definition) is 2. The molecule has 0 fully saturated rings. The number of hydrogen-bond acceptors (Lipinski definition) is 2. The molecule has 0 rings (SSSR count). The fraction of sp³-hybridized carbons (Fsp3) is 0.625. The van der Waals surface area contributed by atoms with Gasteiger partial charge in [-0.3, -0.25) is 4.79 Å². The molecule has 3 nitrogen and oxygen atoms in total. The molecule has 0 aliphatic carbocycles. The summed E-state index contributed by atoms with van der Waals surface area (Å²) in [6.45, 7) is 5.20. The van der Waals surface area contributed by atoms with Crippen LogP contribution in [0.25, 0.3) is 0 Å². The summed E-state index contributed by atoms with van der Waals surface area (Å²) in [6.07, 6.45) is 1.63. The molecule has 11 heavy (non-hydrogen) atoms. The standard InChI is InChI=1S/C8H14NO2/c1-3-4-7(9)5-6(2)8(10)11/h6,9H,1,3-5H2,2H3,(H,10,11). The normalized spacial score (nSPS) is 12.5. The number of carboxylic acids is 1. The molecule has 1 atom stereocenters. The van der Waals surface area contributed by atoms with E-state index in [0.717, 1.165) is 0 Å². The van der Waals surface area contributed by atoms with Gasteiger partial charge in [-0.05, 0) is 19.3 Å². The zero-order valence-electron chi connectivity index (χ0n) is 6.76. The van der Waals surface area contributed by atoms with Gasteiger partial charge in [0.25, 0.3) is 0 Å². The van der Waals surface area contributed by atoms with E-state index >= 15 is 0 Å². The highest BCUT2D eigenvalue weighted by molar-refractivity contribution is 5.85. The fourth-order valence-corrected chi connectivity index (χ4v) is 0.772. The molecule has 0 saturated heterocycles. The lowest BCUT2D eigenvalue weighted by Gasteiger charge is -2.05. The molecule has 0 spiro atoms. The van der Waals surface area contributed by atoms with Crippen LogP contribution in [-0.2, 0) is 4.79 Å². The summed E-state index contributed by atoms with van der Waals surface area (Å²) >= 11 is 0. The fourth-order valence-electron chi connectivity index (χ4n) is 0.772. The molecule has 0 aromatic rings. The number of rotatable bonds is 5. The van der Waals surface area contributed by atoms with Crippen LogP contribution in [-0.4, -0.2) is 16.8 Å². The number of aliphatic carboxylic acids is 1. The van der Waals surface area contributed by atoms with Crippen LogP contribution in [0.2, 0.25) is 0 Å². The second-order valence-corrected chi connectivity index (χ2v) is 2.65. The zero-order chi connectivity index (χ0) is 8.85. The zero-order valence-corrected chi connectivity index (χ0v) is 6.76. The molecule has 2 N–H and O–H groups in total. The third-order valence-electron chi connectivity index (χ3n) is 1.45. The SMILES string of the molecule is [CH2]CCC(=N)CC(C)C(=O)O. The van der Waals surface area contributed by atoms with Crippen LogP contribution in [0.1, 0.15) is 26.2 Å². The largest absolute Gasteiger partial charge is 0.481 e. The predicted molar refractivity (Wildman–Crippen MR) is 43.7 cm³/mol. The van der Waals surface area contributed by atoms with Crippen molar-refractivity contribution < 1.29 is 9.90 Å². The Kier molecular flexibility index (Phi) is 4.50. The highest BCUT2D eigenvalue weighted by atomic mass is 16.4. The van der Waals surface area contributed by atoms with Crippen molar-refractivity contribution in [2.75, 3.05) is 0 Å². The summed E-state index contributed by atoms with van der Waals surface area (Å²) in [6, 6.07) is 0. The van der Waals surface area contributed by atoms with E-state index in [1.54, 1.807) is 6.92 Å². The van der Waals surface area contributed by atoms with Crippen molar-refractivity contribution >= 4 is 11.7 Å². The lowest BCUT2D eigenvalue weighted by Crippen LogP contribution is -2.13. The molecule has 0 saturated carbocycles. The maximum absolute atomic E-state index is 10.3. The van der Waals surface area contributed by atoms with Gasteiger partial charge in [0.2, 0.25) is 0 Å². The minimum Gasteiger partial charge on any atom is -0.481 e. The van der Waals surface area contributed by atoms with E-state index in [9.17, 15) is 4.79 Å². The molecule has 0 bridgehead atoms. The Morgan fingerprint density at radius 3 is 2.64 bits per heavy atom. The quantitative estimate of drug-likeness (QED) is 0.595. The van der Waals surface area contributed by atoms with E-state index in [4.69, 9.17) is 10.5 Å². The van der Waals surface area contributed by atoms with Crippen LogP contribution in [0.5, 0.6) is 0 Å². The Morgan fingerprint density at radius 1 is 1.73 bits per heavy atom. The molecule has 0 heterocycles. The molecular weight excluding hydrogens is 142 g/mol. The van der Waals surface area contributed by atoms with Crippen LogP contribution in [0.3, 0.4) is 0 Å². The maximum atomic E-state index is 10.3. The molecule has 0 aliphatic rings. The predicted octanol–water partition coefficient (Wildman–Crippen LogP) is 1.73. The second-order valence-electron chi connectivity index (χ2n) is 2.65. The van der Waals surface area contributed by atoms with Gasteiger partial charge < -0.3 is 10.5 Å². The Morgan fingerprint density at radius 2 is 2.27 bits per heavy atom. The van der Waals surface area contributed by atoms with Crippen molar-refractivity contribution in [3.8, 4) is 0 Å². The van der Waals surface area contributed by atoms with E-state index in [0.29, 0.717) is 25.0 Å². The molecule has 1 unspecified atom stereocenters. The Labute approximate surface area is 66.9 Å². The average Bonchev–Trinajstić information content (AvgIpc) is 1.87. The first-order chi connectivity index (χ1) is 5.07. The van der Waals surface area contributed by atoms with E-state index in [1.807, 2.05) is 0 Å². The van der Waals surface area contributed by atoms with Crippen molar-refractivity contribution in [2.45, 2.75) is 26.2 Å². The Bertz CT molecular complexity index is 154. The van der Waals surface area contributed by atoms with E-state index in [1.165, 1.54) is 0 Å². The second kappa shape index (κ2) is 4.88.